The molecule has 2 amide bonds. The first-order valence-electron chi connectivity index (χ1n) is 16.5. The molecule has 10 heteroatoms. The number of esters is 1. The van der Waals surface area contributed by atoms with E-state index in [4.69, 9.17) is 4.74 Å². The minimum absolute atomic E-state index is 0.0679. The molecule has 0 unspecified atom stereocenters. The quantitative estimate of drug-likeness (QED) is 0.0838. The molecule has 8 nitrogen and oxygen atoms in total. The van der Waals surface area contributed by atoms with E-state index in [0.717, 1.165) is 21.3 Å². The van der Waals surface area contributed by atoms with Crippen molar-refractivity contribution in [2.45, 2.75) is 21.3 Å². The lowest BCUT2D eigenvalue weighted by Crippen LogP contribution is -2.15. The molecule has 266 valence electrons. The van der Waals surface area contributed by atoms with Gasteiger partial charge in [0.25, 0.3) is 11.8 Å². The summed E-state index contributed by atoms with van der Waals surface area (Å²) in [4.78, 5) is 50.2. The monoisotopic (exact) mass is 740 g/mol. The highest BCUT2D eigenvalue weighted by atomic mass is 32.2. The molecule has 6 aromatic carbocycles. The Bertz CT molecular complexity index is 2150. The lowest BCUT2D eigenvalue weighted by molar-refractivity contribution is 0.0600. The predicted octanol–water partition coefficient (Wildman–Crippen LogP) is 9.95. The summed E-state index contributed by atoms with van der Waals surface area (Å²) in [6, 6.07) is 48.0. The van der Waals surface area contributed by atoms with E-state index in [1.165, 1.54) is 24.3 Å². The fourth-order valence-corrected chi connectivity index (χ4v) is 6.74. The number of ether oxygens (including phenoxy) is 1. The summed E-state index contributed by atoms with van der Waals surface area (Å²) in [6.45, 7) is 0. The van der Waals surface area contributed by atoms with Crippen molar-refractivity contribution in [3.05, 3.63) is 191 Å². The number of benzene rings is 6. The molecule has 0 bridgehead atoms. The summed E-state index contributed by atoms with van der Waals surface area (Å²) < 4.78 is 4.84. The zero-order valence-corrected chi connectivity index (χ0v) is 30.4. The average Bonchev–Trinajstić information content (AvgIpc) is 3.20. The number of methoxy groups -OCH3 is 1. The molecule has 0 aromatic heterocycles. The summed E-state index contributed by atoms with van der Waals surface area (Å²) in [5.74, 6) is -0.612. The number of carbonyl (C=O) groups excluding carboxylic acids is 3. The Balaban J connectivity index is 0.000000204. The van der Waals surface area contributed by atoms with Crippen molar-refractivity contribution in [3.63, 3.8) is 0 Å². The Morgan fingerprint density at radius 1 is 0.528 bits per heavy atom. The number of carbonyl (C=O) groups is 4. The highest BCUT2D eigenvalue weighted by molar-refractivity contribution is 7.98. The summed E-state index contributed by atoms with van der Waals surface area (Å²) >= 11 is 3.22. The SMILES string of the molecule is COC(=O)c1ccc(SCc2ccccc2)cc1NC(=O)c1ccccc1.O=C(Nc1cc(SCc2ccccc2)ccc1C(=O)O)c1ccccc1. The number of amides is 2. The second kappa shape index (κ2) is 19.5. The van der Waals surface area contributed by atoms with E-state index in [1.54, 1.807) is 96.3 Å². The second-order valence-electron chi connectivity index (χ2n) is 11.4. The number of nitrogens with one attached hydrogen (secondary N) is 2. The molecule has 6 rings (SSSR count). The van der Waals surface area contributed by atoms with Gasteiger partial charge in [0, 0.05) is 32.4 Å². The van der Waals surface area contributed by atoms with Gasteiger partial charge in [0.15, 0.2) is 0 Å². The van der Waals surface area contributed by atoms with Crippen LogP contribution in [0.25, 0.3) is 0 Å². The van der Waals surface area contributed by atoms with E-state index in [0.29, 0.717) is 28.1 Å². The van der Waals surface area contributed by atoms with Gasteiger partial charge in [-0.2, -0.15) is 0 Å². The zero-order valence-electron chi connectivity index (χ0n) is 28.7. The lowest BCUT2D eigenvalue weighted by atomic mass is 10.1. The second-order valence-corrected chi connectivity index (χ2v) is 13.5. The van der Waals surface area contributed by atoms with Crippen LogP contribution in [0.3, 0.4) is 0 Å². The van der Waals surface area contributed by atoms with Crippen LogP contribution in [0.1, 0.15) is 52.6 Å². The molecular weight excluding hydrogens is 705 g/mol. The highest BCUT2D eigenvalue weighted by Crippen LogP contribution is 2.30. The standard InChI is InChI=1S/C22H19NO3S.C21H17NO3S/c1-26-22(25)19-13-12-18(27-15-16-8-4-2-5-9-16)14-20(19)23-21(24)17-10-6-3-7-11-17;23-20(16-9-5-2-6-10-16)22-19-13-17(11-12-18(19)21(24)25)26-14-15-7-3-1-4-8-15/h2-14H,15H2,1H3,(H,23,24);1-13H,14H2,(H,22,23)(H,24,25). The number of thioether (sulfide) groups is 2. The van der Waals surface area contributed by atoms with E-state index in [1.807, 2.05) is 66.7 Å². The molecular formula is C43H36N2O6S2. The van der Waals surface area contributed by atoms with Crippen LogP contribution in [0.15, 0.2) is 168 Å². The minimum atomic E-state index is -1.08. The van der Waals surface area contributed by atoms with Crippen LogP contribution in [0.5, 0.6) is 0 Å². The largest absolute Gasteiger partial charge is 0.478 e. The number of hydrogen-bond donors (Lipinski definition) is 3. The molecule has 0 radical (unpaired) electrons. The zero-order chi connectivity index (χ0) is 37.4. The molecule has 6 aromatic rings. The normalized spacial score (nSPS) is 10.3. The van der Waals surface area contributed by atoms with Crippen LogP contribution in [-0.4, -0.2) is 36.0 Å². The van der Waals surface area contributed by atoms with Crippen LogP contribution >= 0.6 is 23.5 Å². The lowest BCUT2D eigenvalue weighted by Gasteiger charge is -2.12. The molecule has 0 aliphatic carbocycles. The van der Waals surface area contributed by atoms with Crippen molar-refractivity contribution in [1.82, 2.24) is 0 Å². The summed E-state index contributed by atoms with van der Waals surface area (Å²) in [5.41, 5.74) is 4.51. The van der Waals surface area contributed by atoms with Crippen LogP contribution in [-0.2, 0) is 16.2 Å². The fraction of sp³-hybridized carbons (Fsp3) is 0.0698. The first kappa shape index (κ1) is 38.1. The molecule has 0 fully saturated rings. The van der Waals surface area contributed by atoms with Gasteiger partial charge in [-0.25, -0.2) is 9.59 Å². The van der Waals surface area contributed by atoms with Gasteiger partial charge < -0.3 is 20.5 Å². The van der Waals surface area contributed by atoms with Crippen molar-refractivity contribution >= 4 is 58.7 Å². The highest BCUT2D eigenvalue weighted by Gasteiger charge is 2.17. The van der Waals surface area contributed by atoms with Crippen molar-refractivity contribution in [2.75, 3.05) is 17.7 Å². The summed E-state index contributed by atoms with van der Waals surface area (Å²) in [6.07, 6.45) is 0. The third-order valence-electron chi connectivity index (χ3n) is 7.68. The smallest absolute Gasteiger partial charge is 0.339 e. The van der Waals surface area contributed by atoms with Crippen LogP contribution in [0.4, 0.5) is 11.4 Å². The van der Waals surface area contributed by atoms with Gasteiger partial charge in [-0.15, -0.1) is 23.5 Å². The number of carboxylic acids is 1. The number of anilines is 2. The van der Waals surface area contributed by atoms with E-state index < -0.39 is 11.9 Å². The van der Waals surface area contributed by atoms with Gasteiger partial charge in [0.2, 0.25) is 0 Å². The van der Waals surface area contributed by atoms with E-state index in [2.05, 4.69) is 22.8 Å². The van der Waals surface area contributed by atoms with Gasteiger partial charge in [0.05, 0.1) is 29.6 Å². The summed E-state index contributed by atoms with van der Waals surface area (Å²) in [5, 5.41) is 14.9. The van der Waals surface area contributed by atoms with Crippen LogP contribution in [0.2, 0.25) is 0 Å². The van der Waals surface area contributed by atoms with Gasteiger partial charge in [-0.05, 0) is 71.8 Å². The number of aromatic carboxylic acids is 1. The van der Waals surface area contributed by atoms with Crippen molar-refractivity contribution in [2.24, 2.45) is 0 Å². The Morgan fingerprint density at radius 3 is 1.30 bits per heavy atom. The van der Waals surface area contributed by atoms with Gasteiger partial charge in [-0.1, -0.05) is 97.1 Å². The minimum Gasteiger partial charge on any atom is -0.478 e. The molecule has 3 N–H and O–H groups in total. The number of carboxylic acid groups (broad SMARTS) is 1. The third kappa shape index (κ3) is 11.4. The summed E-state index contributed by atoms with van der Waals surface area (Å²) in [7, 11) is 1.32. The van der Waals surface area contributed by atoms with Gasteiger partial charge >= 0.3 is 11.9 Å². The maximum atomic E-state index is 12.5. The van der Waals surface area contributed by atoms with Crippen LogP contribution < -0.4 is 10.6 Å². The molecule has 53 heavy (non-hydrogen) atoms. The van der Waals surface area contributed by atoms with Crippen LogP contribution in [0, 0.1) is 0 Å². The maximum Gasteiger partial charge on any atom is 0.339 e. The molecule has 0 saturated heterocycles. The molecule has 0 heterocycles. The Labute approximate surface area is 316 Å². The fourth-order valence-electron chi connectivity index (χ4n) is 4.96. The van der Waals surface area contributed by atoms with Crippen molar-refractivity contribution in [1.29, 1.82) is 0 Å². The Kier molecular flexibility index (Phi) is 14.0. The van der Waals surface area contributed by atoms with E-state index >= 15 is 0 Å². The molecule has 0 aliphatic rings. The predicted molar refractivity (Wildman–Crippen MR) is 212 cm³/mol. The van der Waals surface area contributed by atoms with Gasteiger partial charge in [-0.3, -0.25) is 9.59 Å². The molecule has 0 saturated carbocycles. The maximum absolute atomic E-state index is 12.5. The van der Waals surface area contributed by atoms with E-state index in [-0.39, 0.29) is 17.4 Å². The average molecular weight is 741 g/mol. The molecule has 0 spiro atoms. The van der Waals surface area contributed by atoms with Crippen molar-refractivity contribution in [3.8, 4) is 0 Å². The van der Waals surface area contributed by atoms with Gasteiger partial charge in [0.1, 0.15) is 0 Å². The number of hydrogen-bond acceptors (Lipinski definition) is 7. The topological polar surface area (TPSA) is 122 Å². The molecule has 0 atom stereocenters. The van der Waals surface area contributed by atoms with Crippen molar-refractivity contribution < 1.29 is 29.0 Å². The number of rotatable bonds is 12. The Morgan fingerprint density at radius 2 is 0.906 bits per heavy atom. The van der Waals surface area contributed by atoms with E-state index in [9.17, 15) is 24.3 Å². The first-order chi connectivity index (χ1) is 25.8. The first-order valence-corrected chi connectivity index (χ1v) is 18.4. The third-order valence-corrected chi connectivity index (χ3v) is 9.81. The molecule has 0 aliphatic heterocycles. The Hall–Kier alpha value is -6.10.